The van der Waals surface area contributed by atoms with E-state index < -0.39 is 0 Å². The van der Waals surface area contributed by atoms with Crippen LogP contribution >= 0.6 is 0 Å². The number of hydrogen-bond acceptors (Lipinski definition) is 6. The van der Waals surface area contributed by atoms with Crippen LogP contribution in [-0.2, 0) is 0 Å². The summed E-state index contributed by atoms with van der Waals surface area (Å²) in [5.74, 6) is 1.95. The van der Waals surface area contributed by atoms with Crippen LogP contribution < -0.4 is 9.47 Å². The van der Waals surface area contributed by atoms with E-state index >= 15 is 0 Å². The summed E-state index contributed by atoms with van der Waals surface area (Å²) >= 11 is 0. The summed E-state index contributed by atoms with van der Waals surface area (Å²) in [6.07, 6.45) is 0.828. The van der Waals surface area contributed by atoms with Gasteiger partial charge in [0, 0.05) is 30.3 Å². The van der Waals surface area contributed by atoms with Crippen molar-refractivity contribution in [2.45, 2.75) is 32.4 Å². The van der Waals surface area contributed by atoms with Gasteiger partial charge in [0.15, 0.2) is 0 Å². The van der Waals surface area contributed by atoms with E-state index in [9.17, 15) is 10.2 Å². The van der Waals surface area contributed by atoms with Gasteiger partial charge in [0.25, 0.3) is 0 Å². The standard InChI is InChI=1S/C31H36N2O4/c1-21(33-15-5-14-32(3)16-17-33)20-36-27-11-8-23(9-12-27)31-30(24-6-4-7-25(34)18-24)22(2)28-19-26(35)10-13-29(28)37-31/h4,6-13,18-19,21,31,34-35H,5,14-17,20H2,1-3H3. The highest BCUT2D eigenvalue weighted by molar-refractivity contribution is 5.95. The number of nitrogens with zero attached hydrogens (tertiary/aromatic N) is 2. The number of benzene rings is 3. The van der Waals surface area contributed by atoms with Gasteiger partial charge < -0.3 is 24.6 Å². The molecule has 2 heterocycles. The first kappa shape index (κ1) is 25.2. The van der Waals surface area contributed by atoms with Gasteiger partial charge in [0.1, 0.15) is 35.7 Å². The average molecular weight is 501 g/mol. The van der Waals surface area contributed by atoms with Crippen LogP contribution in [0.15, 0.2) is 66.7 Å². The topological polar surface area (TPSA) is 65.4 Å². The zero-order chi connectivity index (χ0) is 25.9. The van der Waals surface area contributed by atoms with E-state index in [1.165, 1.54) is 6.42 Å². The molecule has 6 heteroatoms. The van der Waals surface area contributed by atoms with Gasteiger partial charge in [-0.2, -0.15) is 0 Å². The highest BCUT2D eigenvalue weighted by Gasteiger charge is 2.30. The summed E-state index contributed by atoms with van der Waals surface area (Å²) in [5, 5.41) is 20.2. The molecule has 2 aliphatic rings. The van der Waals surface area contributed by atoms with Crippen molar-refractivity contribution in [3.8, 4) is 23.0 Å². The molecule has 0 saturated carbocycles. The Morgan fingerprint density at radius 1 is 0.946 bits per heavy atom. The molecule has 6 nitrogen and oxygen atoms in total. The molecule has 2 N–H and O–H groups in total. The van der Waals surface area contributed by atoms with Crippen molar-refractivity contribution in [2.24, 2.45) is 0 Å². The van der Waals surface area contributed by atoms with Crippen LogP contribution in [0.25, 0.3) is 11.1 Å². The third-order valence-corrected chi connectivity index (χ3v) is 7.49. The lowest BCUT2D eigenvalue weighted by molar-refractivity contribution is 0.150. The van der Waals surface area contributed by atoms with Gasteiger partial charge in [-0.25, -0.2) is 0 Å². The van der Waals surface area contributed by atoms with Crippen molar-refractivity contribution >= 4 is 11.1 Å². The van der Waals surface area contributed by atoms with Crippen LogP contribution in [-0.4, -0.2) is 65.9 Å². The predicted octanol–water partition coefficient (Wildman–Crippen LogP) is 5.57. The smallest absolute Gasteiger partial charge is 0.150 e. The molecule has 3 aromatic rings. The summed E-state index contributed by atoms with van der Waals surface area (Å²) in [6.45, 7) is 9.34. The molecule has 0 aromatic heterocycles. The molecule has 5 rings (SSSR count). The van der Waals surface area contributed by atoms with Crippen LogP contribution in [0.2, 0.25) is 0 Å². The van der Waals surface area contributed by atoms with E-state index in [2.05, 4.69) is 23.8 Å². The van der Waals surface area contributed by atoms with Gasteiger partial charge >= 0.3 is 0 Å². The summed E-state index contributed by atoms with van der Waals surface area (Å²) in [6, 6.07) is 20.9. The van der Waals surface area contributed by atoms with Gasteiger partial charge in [-0.3, -0.25) is 4.90 Å². The number of aromatic hydroxyl groups is 2. The minimum atomic E-state index is -0.360. The third kappa shape index (κ3) is 5.60. The van der Waals surface area contributed by atoms with E-state index in [1.54, 1.807) is 30.3 Å². The number of allylic oxidation sites excluding steroid dienone is 1. The first-order chi connectivity index (χ1) is 17.9. The Balaban J connectivity index is 1.36. The Bertz CT molecular complexity index is 1270. The zero-order valence-corrected chi connectivity index (χ0v) is 21.9. The van der Waals surface area contributed by atoms with Crippen LogP contribution in [0.5, 0.6) is 23.0 Å². The van der Waals surface area contributed by atoms with Crippen molar-refractivity contribution in [2.75, 3.05) is 39.8 Å². The second-order valence-electron chi connectivity index (χ2n) is 10.2. The number of ether oxygens (including phenoxy) is 2. The second kappa shape index (κ2) is 10.9. The van der Waals surface area contributed by atoms with Crippen molar-refractivity contribution in [3.63, 3.8) is 0 Å². The molecular formula is C31H36N2O4. The van der Waals surface area contributed by atoms with Crippen molar-refractivity contribution in [1.29, 1.82) is 0 Å². The van der Waals surface area contributed by atoms with Crippen molar-refractivity contribution in [3.05, 3.63) is 83.4 Å². The van der Waals surface area contributed by atoms with E-state index in [0.717, 1.165) is 65.5 Å². The quantitative estimate of drug-likeness (QED) is 0.462. The largest absolute Gasteiger partial charge is 0.508 e. The van der Waals surface area contributed by atoms with Crippen LogP contribution in [0, 0.1) is 0 Å². The molecule has 2 aliphatic heterocycles. The van der Waals surface area contributed by atoms with Crippen molar-refractivity contribution < 1.29 is 19.7 Å². The molecular weight excluding hydrogens is 464 g/mol. The Morgan fingerprint density at radius 3 is 2.51 bits per heavy atom. The number of hydrogen-bond donors (Lipinski definition) is 2. The van der Waals surface area contributed by atoms with Crippen LogP contribution in [0.3, 0.4) is 0 Å². The van der Waals surface area contributed by atoms with E-state index in [-0.39, 0.29) is 17.6 Å². The second-order valence-corrected chi connectivity index (χ2v) is 10.2. The molecule has 2 unspecified atom stereocenters. The molecule has 3 aromatic carbocycles. The molecule has 0 aliphatic carbocycles. The monoisotopic (exact) mass is 500 g/mol. The lowest BCUT2D eigenvalue weighted by Gasteiger charge is -2.31. The Hall–Kier alpha value is -3.48. The Labute approximate surface area is 219 Å². The van der Waals surface area contributed by atoms with Gasteiger partial charge in [-0.1, -0.05) is 24.3 Å². The number of rotatable bonds is 6. The number of phenolic OH excluding ortho intramolecular Hbond substituents is 2. The fraction of sp³-hybridized carbons (Fsp3) is 0.355. The number of fused-ring (bicyclic) bond motifs is 1. The maximum absolute atomic E-state index is 10.2. The summed E-state index contributed by atoms with van der Waals surface area (Å²) in [4.78, 5) is 4.90. The SMILES string of the molecule is CC1=C(c2cccc(O)c2)C(c2ccc(OCC(C)N3CCCN(C)CC3)cc2)Oc2ccc(O)cc21. The molecule has 0 radical (unpaired) electrons. The molecule has 0 amide bonds. The molecule has 1 fully saturated rings. The minimum absolute atomic E-state index is 0.193. The zero-order valence-electron chi connectivity index (χ0n) is 21.9. The predicted molar refractivity (Wildman–Crippen MR) is 147 cm³/mol. The maximum atomic E-state index is 10.2. The highest BCUT2D eigenvalue weighted by atomic mass is 16.5. The van der Waals surface area contributed by atoms with Crippen molar-refractivity contribution in [1.82, 2.24) is 9.80 Å². The third-order valence-electron chi connectivity index (χ3n) is 7.49. The average Bonchev–Trinajstić information content (AvgIpc) is 3.12. The lowest BCUT2D eigenvalue weighted by atomic mass is 9.86. The Kier molecular flexibility index (Phi) is 7.40. The first-order valence-corrected chi connectivity index (χ1v) is 13.0. The first-order valence-electron chi connectivity index (χ1n) is 13.0. The highest BCUT2D eigenvalue weighted by Crippen LogP contribution is 2.47. The number of likely N-dealkylation sites (N-methyl/N-ethyl adjacent to an activating group) is 1. The lowest BCUT2D eigenvalue weighted by Crippen LogP contribution is -2.39. The molecule has 194 valence electrons. The molecule has 1 saturated heterocycles. The van der Waals surface area contributed by atoms with Gasteiger partial charge in [0.05, 0.1) is 0 Å². The van der Waals surface area contributed by atoms with E-state index in [0.29, 0.717) is 12.6 Å². The van der Waals surface area contributed by atoms with Crippen LogP contribution in [0.1, 0.15) is 43.1 Å². The maximum Gasteiger partial charge on any atom is 0.150 e. The normalized spacial score (nSPS) is 19.6. The summed E-state index contributed by atoms with van der Waals surface area (Å²) in [5.41, 5.74) is 4.69. The molecule has 37 heavy (non-hydrogen) atoms. The molecule has 2 atom stereocenters. The summed E-state index contributed by atoms with van der Waals surface area (Å²) < 4.78 is 12.7. The minimum Gasteiger partial charge on any atom is -0.508 e. The van der Waals surface area contributed by atoms with Gasteiger partial charge in [0.2, 0.25) is 0 Å². The van der Waals surface area contributed by atoms with Gasteiger partial charge in [-0.05, 0) is 99.6 Å². The van der Waals surface area contributed by atoms with Gasteiger partial charge in [-0.15, -0.1) is 0 Å². The summed E-state index contributed by atoms with van der Waals surface area (Å²) in [7, 11) is 2.19. The van der Waals surface area contributed by atoms with E-state index in [4.69, 9.17) is 9.47 Å². The molecule has 0 spiro atoms. The number of phenols is 2. The molecule has 0 bridgehead atoms. The Morgan fingerprint density at radius 2 is 1.73 bits per heavy atom. The fourth-order valence-corrected chi connectivity index (χ4v) is 5.29. The van der Waals surface area contributed by atoms with Crippen LogP contribution in [0.4, 0.5) is 0 Å². The fourth-order valence-electron chi connectivity index (χ4n) is 5.29. The van der Waals surface area contributed by atoms with E-state index in [1.807, 2.05) is 43.3 Å².